The predicted molar refractivity (Wildman–Crippen MR) is 58.3 cm³/mol. The van der Waals surface area contributed by atoms with Crippen LogP contribution in [0.15, 0.2) is 18.3 Å². The van der Waals surface area contributed by atoms with Crippen LogP contribution in [-0.4, -0.2) is 16.1 Å². The lowest BCUT2D eigenvalue weighted by atomic mass is 10.0. The third-order valence-electron chi connectivity index (χ3n) is 3.03. The van der Waals surface area contributed by atoms with E-state index in [1.807, 2.05) is 0 Å². The van der Waals surface area contributed by atoms with Gasteiger partial charge < -0.3 is 0 Å². The lowest BCUT2D eigenvalue weighted by Gasteiger charge is -2.00. The van der Waals surface area contributed by atoms with Gasteiger partial charge in [0.05, 0.1) is 5.52 Å². The molecule has 1 fully saturated rings. The molecule has 2 aromatic rings. The van der Waals surface area contributed by atoms with Gasteiger partial charge in [-0.3, -0.25) is 4.79 Å². The molecule has 1 aliphatic rings. The van der Waals surface area contributed by atoms with E-state index in [1.165, 1.54) is 6.20 Å². The molecule has 3 nitrogen and oxygen atoms in total. The van der Waals surface area contributed by atoms with Crippen molar-refractivity contribution in [3.05, 3.63) is 29.5 Å². The standard InChI is InChI=1S/C12H10F2N2O/c13-12(14)16-5-9-3-7(6-17)4-10(8-1-2-8)11(9)15-16/h3-6,8,12H,1-2H2. The van der Waals surface area contributed by atoms with Crippen molar-refractivity contribution in [3.8, 4) is 0 Å². The van der Waals surface area contributed by atoms with Gasteiger partial charge in [-0.1, -0.05) is 0 Å². The molecule has 0 N–H and O–H groups in total. The van der Waals surface area contributed by atoms with Crippen molar-refractivity contribution in [1.82, 2.24) is 9.78 Å². The molecule has 0 amide bonds. The minimum atomic E-state index is -2.64. The molecule has 1 aromatic heterocycles. The van der Waals surface area contributed by atoms with Gasteiger partial charge in [-0.25, -0.2) is 4.68 Å². The van der Waals surface area contributed by atoms with E-state index in [0.717, 1.165) is 24.7 Å². The molecule has 88 valence electrons. The number of benzene rings is 1. The molecule has 1 heterocycles. The number of carbonyl (C=O) groups is 1. The van der Waals surface area contributed by atoms with Crippen LogP contribution < -0.4 is 0 Å². The number of rotatable bonds is 3. The summed E-state index contributed by atoms with van der Waals surface area (Å²) in [4.78, 5) is 10.8. The number of hydrogen-bond donors (Lipinski definition) is 0. The van der Waals surface area contributed by atoms with Gasteiger partial charge in [0.2, 0.25) is 0 Å². The average molecular weight is 236 g/mol. The van der Waals surface area contributed by atoms with E-state index in [2.05, 4.69) is 5.10 Å². The smallest absolute Gasteiger partial charge is 0.298 e. The maximum absolute atomic E-state index is 12.6. The van der Waals surface area contributed by atoms with E-state index >= 15 is 0 Å². The quantitative estimate of drug-likeness (QED) is 0.767. The van der Waals surface area contributed by atoms with Gasteiger partial charge in [-0.2, -0.15) is 13.9 Å². The summed E-state index contributed by atoms with van der Waals surface area (Å²) in [6, 6.07) is 3.36. The SMILES string of the molecule is O=Cc1cc(C2CC2)c2nn(C(F)F)cc2c1. The minimum Gasteiger partial charge on any atom is -0.298 e. The van der Waals surface area contributed by atoms with Gasteiger partial charge in [0.15, 0.2) is 0 Å². The summed E-state index contributed by atoms with van der Waals surface area (Å²) < 4.78 is 25.8. The molecular weight excluding hydrogens is 226 g/mol. The first-order chi connectivity index (χ1) is 8.19. The van der Waals surface area contributed by atoms with Crippen LogP contribution in [0, 0.1) is 0 Å². The second-order valence-electron chi connectivity index (χ2n) is 4.33. The van der Waals surface area contributed by atoms with Crippen LogP contribution in [0.4, 0.5) is 8.78 Å². The van der Waals surface area contributed by atoms with Crippen molar-refractivity contribution in [2.24, 2.45) is 0 Å². The Morgan fingerprint density at radius 2 is 2.18 bits per heavy atom. The van der Waals surface area contributed by atoms with Crippen LogP contribution in [0.25, 0.3) is 10.9 Å². The molecule has 0 aliphatic heterocycles. The molecule has 3 rings (SSSR count). The maximum atomic E-state index is 12.6. The summed E-state index contributed by atoms with van der Waals surface area (Å²) in [6.07, 6.45) is 4.11. The van der Waals surface area contributed by atoms with E-state index in [9.17, 15) is 13.6 Å². The van der Waals surface area contributed by atoms with Crippen molar-refractivity contribution < 1.29 is 13.6 Å². The van der Waals surface area contributed by atoms with E-state index in [-0.39, 0.29) is 0 Å². The number of fused-ring (bicyclic) bond motifs is 1. The largest absolute Gasteiger partial charge is 0.333 e. The predicted octanol–water partition coefficient (Wildman–Crippen LogP) is 3.12. The molecule has 0 bridgehead atoms. The fraction of sp³-hybridized carbons (Fsp3) is 0.333. The van der Waals surface area contributed by atoms with E-state index in [4.69, 9.17) is 0 Å². The first kappa shape index (κ1) is 10.4. The number of hydrogen-bond acceptors (Lipinski definition) is 2. The molecule has 1 aromatic carbocycles. The monoisotopic (exact) mass is 236 g/mol. The van der Waals surface area contributed by atoms with E-state index in [1.54, 1.807) is 12.1 Å². The van der Waals surface area contributed by atoms with E-state index < -0.39 is 6.55 Å². The average Bonchev–Trinajstić information content (AvgIpc) is 3.06. The van der Waals surface area contributed by atoms with Crippen LogP contribution in [0.2, 0.25) is 0 Å². The van der Waals surface area contributed by atoms with Gasteiger partial charge in [-0.15, -0.1) is 0 Å². The zero-order valence-electron chi connectivity index (χ0n) is 8.94. The van der Waals surface area contributed by atoms with Gasteiger partial charge in [-0.05, 0) is 36.5 Å². The van der Waals surface area contributed by atoms with Crippen molar-refractivity contribution >= 4 is 17.2 Å². The van der Waals surface area contributed by atoms with Crippen molar-refractivity contribution in [2.75, 3.05) is 0 Å². The molecule has 0 radical (unpaired) electrons. The Morgan fingerprint density at radius 3 is 2.76 bits per heavy atom. The molecule has 17 heavy (non-hydrogen) atoms. The highest BCUT2D eigenvalue weighted by Gasteiger charge is 2.27. The number of aldehydes is 1. The van der Waals surface area contributed by atoms with Crippen molar-refractivity contribution in [1.29, 1.82) is 0 Å². The molecule has 0 unspecified atom stereocenters. The van der Waals surface area contributed by atoms with Crippen LogP contribution in [0.3, 0.4) is 0 Å². The molecular formula is C12H10F2N2O. The summed E-state index contributed by atoms with van der Waals surface area (Å²) >= 11 is 0. The third kappa shape index (κ3) is 1.71. The van der Waals surface area contributed by atoms with E-state index in [0.29, 0.717) is 27.1 Å². The van der Waals surface area contributed by atoms with Crippen LogP contribution in [-0.2, 0) is 0 Å². The molecule has 0 saturated heterocycles. The number of carbonyl (C=O) groups excluding carboxylic acids is 1. The molecule has 1 aliphatic carbocycles. The lowest BCUT2D eigenvalue weighted by molar-refractivity contribution is 0.0573. The van der Waals surface area contributed by atoms with Crippen LogP contribution in [0.1, 0.15) is 41.2 Å². The number of nitrogens with zero attached hydrogens (tertiary/aromatic N) is 2. The normalized spacial score (nSPS) is 15.7. The highest BCUT2D eigenvalue weighted by atomic mass is 19.3. The fourth-order valence-corrected chi connectivity index (χ4v) is 2.08. The molecule has 1 saturated carbocycles. The van der Waals surface area contributed by atoms with Crippen LogP contribution in [0.5, 0.6) is 0 Å². The molecule has 0 atom stereocenters. The fourth-order valence-electron chi connectivity index (χ4n) is 2.08. The number of aromatic nitrogens is 2. The Hall–Kier alpha value is -1.78. The Morgan fingerprint density at radius 1 is 1.41 bits per heavy atom. The second kappa shape index (κ2) is 3.61. The van der Waals surface area contributed by atoms with Gasteiger partial charge in [0, 0.05) is 17.1 Å². The summed E-state index contributed by atoms with van der Waals surface area (Å²) in [5.74, 6) is 0.374. The first-order valence-corrected chi connectivity index (χ1v) is 5.45. The van der Waals surface area contributed by atoms with Gasteiger partial charge in [0.25, 0.3) is 0 Å². The third-order valence-corrected chi connectivity index (χ3v) is 3.03. The number of halogens is 2. The number of alkyl halides is 2. The summed E-state index contributed by atoms with van der Waals surface area (Å²) in [5.41, 5.74) is 2.04. The van der Waals surface area contributed by atoms with Crippen molar-refractivity contribution in [2.45, 2.75) is 25.3 Å². The Kier molecular flexibility index (Phi) is 2.21. The topological polar surface area (TPSA) is 34.9 Å². The summed E-state index contributed by atoms with van der Waals surface area (Å²) in [5, 5.41) is 4.51. The van der Waals surface area contributed by atoms with Crippen molar-refractivity contribution in [3.63, 3.8) is 0 Å². The Labute approximate surface area is 96.0 Å². The summed E-state index contributed by atoms with van der Waals surface area (Å²) in [7, 11) is 0. The molecule has 5 heteroatoms. The zero-order valence-corrected chi connectivity index (χ0v) is 8.94. The second-order valence-corrected chi connectivity index (χ2v) is 4.33. The summed E-state index contributed by atoms with van der Waals surface area (Å²) in [6.45, 7) is -2.64. The maximum Gasteiger partial charge on any atom is 0.333 e. The Bertz CT molecular complexity index is 587. The van der Waals surface area contributed by atoms with Gasteiger partial charge >= 0.3 is 6.55 Å². The highest BCUT2D eigenvalue weighted by molar-refractivity contribution is 5.89. The Balaban J connectivity index is 2.24. The zero-order chi connectivity index (χ0) is 12.0. The van der Waals surface area contributed by atoms with Crippen LogP contribution >= 0.6 is 0 Å². The molecule has 0 spiro atoms. The lowest BCUT2D eigenvalue weighted by Crippen LogP contribution is -1.97. The minimum absolute atomic E-state index is 0.374. The first-order valence-electron chi connectivity index (χ1n) is 5.45. The highest BCUT2D eigenvalue weighted by Crippen LogP contribution is 2.43. The van der Waals surface area contributed by atoms with Gasteiger partial charge in [0.1, 0.15) is 6.29 Å².